The van der Waals surface area contributed by atoms with Crippen LogP contribution in [0.25, 0.3) is 60.5 Å². The van der Waals surface area contributed by atoms with Gasteiger partial charge in [-0.15, -0.1) is 0 Å². The first kappa shape index (κ1) is 41.4. The van der Waals surface area contributed by atoms with Crippen molar-refractivity contribution < 1.29 is 0 Å². The van der Waals surface area contributed by atoms with Crippen molar-refractivity contribution in [3.63, 3.8) is 0 Å². The van der Waals surface area contributed by atoms with Crippen molar-refractivity contribution in [2.75, 3.05) is 4.90 Å². The molecule has 0 radical (unpaired) electrons. The number of rotatable bonds is 2. The summed E-state index contributed by atoms with van der Waals surface area (Å²) in [5.41, 5.74) is 26.7. The number of fused-ring (bicyclic) bond motifs is 13. The highest BCUT2D eigenvalue weighted by Gasteiger charge is 2.50. The molecule has 0 saturated carbocycles. The second-order valence-corrected chi connectivity index (χ2v) is 25.1. The molecule has 7 aromatic carbocycles. The van der Waals surface area contributed by atoms with Gasteiger partial charge in [-0.05, 0) is 150 Å². The van der Waals surface area contributed by atoms with E-state index in [1.807, 2.05) is 0 Å². The summed E-state index contributed by atoms with van der Waals surface area (Å²) in [4.78, 5) is 6.86. The number of aromatic nitrogens is 1. The van der Waals surface area contributed by atoms with Gasteiger partial charge >= 0.3 is 0 Å². The fourth-order valence-electron chi connectivity index (χ4n) is 14.3. The molecule has 67 heavy (non-hydrogen) atoms. The van der Waals surface area contributed by atoms with E-state index in [0.29, 0.717) is 0 Å². The summed E-state index contributed by atoms with van der Waals surface area (Å²) >= 11 is 0. The van der Waals surface area contributed by atoms with Gasteiger partial charge in [0, 0.05) is 55.3 Å². The first-order chi connectivity index (χ1) is 31.7. The van der Waals surface area contributed by atoms with E-state index < -0.39 is 0 Å². The Hall–Kier alpha value is -5.80. The molecule has 2 nitrogen and oxygen atoms in total. The number of benzene rings is 7. The van der Waals surface area contributed by atoms with E-state index in [4.69, 9.17) is 0 Å². The summed E-state index contributed by atoms with van der Waals surface area (Å²) in [6.45, 7) is 29.9. The fourth-order valence-corrected chi connectivity index (χ4v) is 14.3. The van der Waals surface area contributed by atoms with Crippen LogP contribution >= 0.6 is 0 Å². The smallest absolute Gasteiger partial charge is 0.194 e. The van der Waals surface area contributed by atoms with Crippen molar-refractivity contribution in [3.8, 4) is 22.3 Å². The minimum Gasteiger partial charge on any atom is -0.354 e. The largest absolute Gasteiger partial charge is 0.354 e. The molecule has 0 amide bonds. The maximum Gasteiger partial charge on any atom is 0.194 e. The van der Waals surface area contributed by atoms with Gasteiger partial charge in [0.1, 0.15) is 0 Å². The van der Waals surface area contributed by atoms with Gasteiger partial charge in [-0.2, -0.15) is 0 Å². The standard InChI is InChI=1S/C64H65BN2/c1-59(2)28-29-60(3,4)47-32-37(25-26-45(47)59)67-51-34-42-39-20-15-16-23-44(39)63(9,10)54(42)53(41-22-17-21-40-52-38-19-14-13-18-36(38)24-27-50(52)66-56(40)41)55(51)65-58-57(67)43-33-48-49(35-46(43)64(58,11)12)62(7,8)31-30-61(48,5)6/h13-27,32-35,65-66H,28-31H2,1-12H3. The normalized spacial score (nSPS) is 20.4. The van der Waals surface area contributed by atoms with Crippen molar-refractivity contribution in [1.82, 2.24) is 4.98 Å². The topological polar surface area (TPSA) is 19.0 Å². The molecule has 13 rings (SSSR count). The van der Waals surface area contributed by atoms with Crippen LogP contribution in [0.15, 0.2) is 121 Å². The molecule has 0 bridgehead atoms. The maximum absolute atomic E-state index is 4.08. The molecule has 334 valence electrons. The van der Waals surface area contributed by atoms with E-state index >= 15 is 0 Å². The molecule has 8 aromatic rings. The van der Waals surface area contributed by atoms with E-state index in [-0.39, 0.29) is 32.5 Å². The molecular formula is C64H65BN2. The first-order valence-electron chi connectivity index (χ1n) is 25.3. The van der Waals surface area contributed by atoms with Crippen LogP contribution < -0.4 is 10.4 Å². The third kappa shape index (κ3) is 5.41. The van der Waals surface area contributed by atoms with Gasteiger partial charge in [0.05, 0.1) is 5.52 Å². The monoisotopic (exact) mass is 873 g/mol. The molecule has 5 aliphatic rings. The highest BCUT2D eigenvalue weighted by molar-refractivity contribution is 6.68. The van der Waals surface area contributed by atoms with E-state index in [1.54, 1.807) is 5.56 Å². The molecule has 0 unspecified atom stereocenters. The zero-order chi connectivity index (χ0) is 46.5. The van der Waals surface area contributed by atoms with Crippen LogP contribution in [-0.2, 0) is 32.5 Å². The van der Waals surface area contributed by atoms with Crippen molar-refractivity contribution in [2.45, 2.75) is 141 Å². The summed E-state index contributed by atoms with van der Waals surface area (Å²) in [6.07, 6.45) is 4.79. The van der Waals surface area contributed by atoms with Gasteiger partial charge < -0.3 is 9.88 Å². The van der Waals surface area contributed by atoms with Crippen LogP contribution in [0.5, 0.6) is 0 Å². The highest BCUT2D eigenvalue weighted by Crippen LogP contribution is 2.60. The lowest BCUT2D eigenvalue weighted by atomic mass is 9.51. The SMILES string of the molecule is CC1(C)CCC(C)(C)c2cc(N3C4=C(Bc5c3cc3c(c5-c5cccc6c5[nH]c5ccc7ccccc7c56)C(C)(C)c5ccccc5-3)C(C)(C)c3cc5c(cc34)C(C)(C)CCC5(C)C)ccc21. The maximum atomic E-state index is 4.08. The molecule has 3 heteroatoms. The number of allylic oxidation sites excluding steroid dienone is 1. The summed E-state index contributed by atoms with van der Waals surface area (Å²) in [7, 11) is 0.887. The van der Waals surface area contributed by atoms with Crippen LogP contribution in [0.2, 0.25) is 0 Å². The Morgan fingerprint density at radius 1 is 0.478 bits per heavy atom. The lowest BCUT2D eigenvalue weighted by Gasteiger charge is -2.44. The Morgan fingerprint density at radius 3 is 1.85 bits per heavy atom. The molecule has 0 spiro atoms. The van der Waals surface area contributed by atoms with Crippen molar-refractivity contribution in [2.24, 2.45) is 0 Å². The highest BCUT2D eigenvalue weighted by atomic mass is 15.2. The summed E-state index contributed by atoms with van der Waals surface area (Å²) in [6, 6.07) is 45.5. The molecule has 1 aliphatic heterocycles. The predicted molar refractivity (Wildman–Crippen MR) is 289 cm³/mol. The molecule has 0 fully saturated rings. The second kappa shape index (κ2) is 13.0. The van der Waals surface area contributed by atoms with Gasteiger partial charge in [0.2, 0.25) is 0 Å². The minimum absolute atomic E-state index is 0.0692. The third-order valence-corrected chi connectivity index (χ3v) is 18.6. The first-order valence-corrected chi connectivity index (χ1v) is 25.3. The lowest BCUT2D eigenvalue weighted by Crippen LogP contribution is -2.39. The van der Waals surface area contributed by atoms with Crippen molar-refractivity contribution >= 4 is 62.4 Å². The molecule has 4 aliphatic carbocycles. The number of anilines is 2. The molecule has 1 aromatic heterocycles. The van der Waals surface area contributed by atoms with Gasteiger partial charge in [0.25, 0.3) is 0 Å². The Labute approximate surface area is 399 Å². The van der Waals surface area contributed by atoms with Crippen LogP contribution in [0.4, 0.5) is 11.4 Å². The van der Waals surface area contributed by atoms with E-state index in [0.717, 1.165) is 7.28 Å². The van der Waals surface area contributed by atoms with Crippen LogP contribution in [0.3, 0.4) is 0 Å². The number of nitrogens with zero attached hydrogens (tertiary/aromatic N) is 1. The summed E-state index contributed by atoms with van der Waals surface area (Å²) < 4.78 is 0. The number of nitrogens with one attached hydrogen (secondary N) is 1. The molecule has 1 N–H and O–H groups in total. The predicted octanol–water partition coefficient (Wildman–Crippen LogP) is 16.0. The van der Waals surface area contributed by atoms with Gasteiger partial charge in [0.15, 0.2) is 7.28 Å². The molecular weight excluding hydrogens is 808 g/mol. The Morgan fingerprint density at radius 2 is 1.10 bits per heavy atom. The zero-order valence-corrected chi connectivity index (χ0v) is 42.0. The van der Waals surface area contributed by atoms with E-state index in [1.165, 1.54) is 147 Å². The zero-order valence-electron chi connectivity index (χ0n) is 42.0. The lowest BCUT2D eigenvalue weighted by molar-refractivity contribution is 0.331. The Kier molecular flexibility index (Phi) is 8.06. The fraction of sp³-hybridized carbons (Fsp3) is 0.344. The molecule has 0 atom stereocenters. The molecule has 2 heterocycles. The summed E-state index contributed by atoms with van der Waals surface area (Å²) in [5.74, 6) is 0. The molecule has 0 saturated heterocycles. The van der Waals surface area contributed by atoms with Crippen molar-refractivity contribution in [3.05, 3.63) is 165 Å². The quantitative estimate of drug-likeness (QED) is 0.172. The Balaban J connectivity index is 1.17. The van der Waals surface area contributed by atoms with Crippen LogP contribution in [0.1, 0.15) is 153 Å². The number of para-hydroxylation sites is 1. The van der Waals surface area contributed by atoms with Crippen LogP contribution in [-0.4, -0.2) is 12.3 Å². The van der Waals surface area contributed by atoms with Crippen LogP contribution in [0, 0.1) is 0 Å². The van der Waals surface area contributed by atoms with E-state index in [9.17, 15) is 0 Å². The number of hydrogen-bond donors (Lipinski definition) is 1. The third-order valence-electron chi connectivity index (χ3n) is 18.6. The Bertz CT molecular complexity index is 3560. The minimum atomic E-state index is -0.220. The second-order valence-electron chi connectivity index (χ2n) is 25.1. The van der Waals surface area contributed by atoms with Gasteiger partial charge in [-0.1, -0.05) is 173 Å². The van der Waals surface area contributed by atoms with Gasteiger partial charge in [-0.3, -0.25) is 0 Å². The summed E-state index contributed by atoms with van der Waals surface area (Å²) in [5, 5.41) is 5.18. The number of hydrogen-bond acceptors (Lipinski definition) is 1. The number of aromatic amines is 1. The van der Waals surface area contributed by atoms with E-state index in [2.05, 4.69) is 208 Å². The average molecular weight is 873 g/mol. The number of H-pyrrole nitrogens is 1. The van der Waals surface area contributed by atoms with Crippen molar-refractivity contribution in [1.29, 1.82) is 0 Å². The average Bonchev–Trinajstić information content (AvgIpc) is 3.87. The van der Waals surface area contributed by atoms with Gasteiger partial charge in [-0.25, -0.2) is 0 Å².